The Labute approximate surface area is 105 Å². The summed E-state index contributed by atoms with van der Waals surface area (Å²) < 4.78 is 2.03. The van der Waals surface area contributed by atoms with Crippen molar-refractivity contribution >= 4 is 31.9 Å². The molecule has 1 heterocycles. The summed E-state index contributed by atoms with van der Waals surface area (Å²) >= 11 is 6.98. The highest BCUT2D eigenvalue weighted by atomic mass is 79.9. The van der Waals surface area contributed by atoms with E-state index in [1.165, 1.54) is 5.56 Å². The Balaban J connectivity index is 2.29. The zero-order chi connectivity index (χ0) is 10.8. The van der Waals surface area contributed by atoms with E-state index in [4.69, 9.17) is 0 Å². The molecule has 0 amide bonds. The molecule has 0 aliphatic heterocycles. The van der Waals surface area contributed by atoms with E-state index >= 15 is 0 Å². The summed E-state index contributed by atoms with van der Waals surface area (Å²) in [5, 5.41) is 0. The van der Waals surface area contributed by atoms with Gasteiger partial charge in [0.1, 0.15) is 10.4 Å². The van der Waals surface area contributed by atoms with Crippen LogP contribution in [0.3, 0.4) is 0 Å². The van der Waals surface area contributed by atoms with Crippen molar-refractivity contribution in [1.29, 1.82) is 0 Å². The zero-order valence-electron chi connectivity index (χ0n) is 8.22. The van der Waals surface area contributed by atoms with E-state index in [0.29, 0.717) is 0 Å². The molecule has 78 valence electrons. The molecule has 0 spiro atoms. The average Bonchev–Trinajstić information content (AvgIpc) is 2.49. The van der Waals surface area contributed by atoms with E-state index in [1.54, 1.807) is 0 Å². The van der Waals surface area contributed by atoms with E-state index in [9.17, 15) is 0 Å². The van der Waals surface area contributed by atoms with E-state index in [0.717, 1.165) is 27.0 Å². The van der Waals surface area contributed by atoms with Crippen molar-refractivity contribution in [2.75, 3.05) is 0 Å². The second kappa shape index (κ2) is 4.49. The van der Waals surface area contributed by atoms with E-state index in [-0.39, 0.29) is 0 Å². The summed E-state index contributed by atoms with van der Waals surface area (Å²) in [5.41, 5.74) is 2.36. The number of benzene rings is 1. The van der Waals surface area contributed by atoms with Crippen LogP contribution in [0.2, 0.25) is 0 Å². The molecule has 4 heteroatoms. The number of rotatable bonds is 2. The molecule has 2 rings (SSSR count). The Kier molecular flexibility index (Phi) is 3.26. The first-order chi connectivity index (χ1) is 7.16. The first kappa shape index (κ1) is 10.9. The lowest BCUT2D eigenvalue weighted by atomic mass is 10.1. The van der Waals surface area contributed by atoms with Gasteiger partial charge in [-0.05, 0) is 34.5 Å². The van der Waals surface area contributed by atoms with Gasteiger partial charge in [0.2, 0.25) is 0 Å². The van der Waals surface area contributed by atoms with Gasteiger partial charge in [0.05, 0.1) is 5.69 Å². The second-order valence-electron chi connectivity index (χ2n) is 3.36. The normalized spacial score (nSPS) is 10.6. The summed E-state index contributed by atoms with van der Waals surface area (Å²) in [6.07, 6.45) is 0.850. The first-order valence-corrected chi connectivity index (χ1v) is 6.20. The van der Waals surface area contributed by atoms with Crippen LogP contribution < -0.4 is 0 Å². The molecule has 0 aliphatic rings. The highest BCUT2D eigenvalue weighted by Crippen LogP contribution is 2.22. The van der Waals surface area contributed by atoms with Crippen LogP contribution in [0.15, 0.2) is 33.3 Å². The molecule has 0 unspecified atom stereocenters. The Morgan fingerprint density at radius 3 is 2.60 bits per heavy atom. The SMILES string of the molecule is Cc1nc(Br)c(Cc2ccccc2Br)[nH]1. The maximum Gasteiger partial charge on any atom is 0.127 e. The average molecular weight is 330 g/mol. The maximum absolute atomic E-state index is 4.28. The smallest absolute Gasteiger partial charge is 0.127 e. The Hall–Kier alpha value is -0.610. The molecule has 1 aromatic heterocycles. The standard InChI is InChI=1S/C11H10Br2N2/c1-7-14-10(11(13)15-7)6-8-4-2-3-5-9(8)12/h2-5H,6H2,1H3,(H,14,15). The molecule has 2 nitrogen and oxygen atoms in total. The molecular formula is C11H10Br2N2. The maximum atomic E-state index is 4.28. The second-order valence-corrected chi connectivity index (χ2v) is 4.97. The van der Waals surface area contributed by atoms with Gasteiger partial charge < -0.3 is 4.98 Å². The highest BCUT2D eigenvalue weighted by Gasteiger charge is 2.07. The number of hydrogen-bond donors (Lipinski definition) is 1. The van der Waals surface area contributed by atoms with Gasteiger partial charge in [0.15, 0.2) is 0 Å². The van der Waals surface area contributed by atoms with Crippen LogP contribution in [0, 0.1) is 6.92 Å². The number of H-pyrrole nitrogens is 1. The van der Waals surface area contributed by atoms with E-state index in [2.05, 4.69) is 47.9 Å². The molecule has 1 N–H and O–H groups in total. The van der Waals surface area contributed by atoms with Crippen molar-refractivity contribution in [3.05, 3.63) is 50.4 Å². The van der Waals surface area contributed by atoms with Gasteiger partial charge in [-0.1, -0.05) is 34.1 Å². The Morgan fingerprint density at radius 2 is 2.00 bits per heavy atom. The fourth-order valence-electron chi connectivity index (χ4n) is 1.46. The Bertz CT molecular complexity index is 477. The van der Waals surface area contributed by atoms with Crippen LogP contribution in [0.1, 0.15) is 17.1 Å². The number of nitrogens with zero attached hydrogens (tertiary/aromatic N) is 1. The van der Waals surface area contributed by atoms with Gasteiger partial charge in [-0.3, -0.25) is 0 Å². The molecule has 0 saturated heterocycles. The topological polar surface area (TPSA) is 28.7 Å². The van der Waals surface area contributed by atoms with Crippen molar-refractivity contribution < 1.29 is 0 Å². The van der Waals surface area contributed by atoms with Crippen molar-refractivity contribution in [2.24, 2.45) is 0 Å². The lowest BCUT2D eigenvalue weighted by molar-refractivity contribution is 1.06. The van der Waals surface area contributed by atoms with Crippen molar-refractivity contribution in [3.63, 3.8) is 0 Å². The third-order valence-electron chi connectivity index (χ3n) is 2.17. The number of imidazole rings is 1. The van der Waals surface area contributed by atoms with Crippen LogP contribution >= 0.6 is 31.9 Å². The summed E-state index contributed by atoms with van der Waals surface area (Å²) in [6, 6.07) is 8.21. The van der Waals surface area contributed by atoms with Crippen LogP contribution in [0.4, 0.5) is 0 Å². The number of aryl methyl sites for hydroxylation is 1. The van der Waals surface area contributed by atoms with Gasteiger partial charge in [-0.2, -0.15) is 0 Å². The van der Waals surface area contributed by atoms with Gasteiger partial charge in [-0.15, -0.1) is 0 Å². The molecule has 0 atom stereocenters. The Morgan fingerprint density at radius 1 is 1.27 bits per heavy atom. The van der Waals surface area contributed by atoms with Gasteiger partial charge >= 0.3 is 0 Å². The van der Waals surface area contributed by atoms with E-state index < -0.39 is 0 Å². The minimum atomic E-state index is 0.850. The van der Waals surface area contributed by atoms with Gasteiger partial charge in [-0.25, -0.2) is 4.98 Å². The highest BCUT2D eigenvalue weighted by molar-refractivity contribution is 9.10. The number of halogens is 2. The molecule has 15 heavy (non-hydrogen) atoms. The lowest BCUT2D eigenvalue weighted by Crippen LogP contribution is -1.90. The van der Waals surface area contributed by atoms with Crippen LogP contribution in [0.25, 0.3) is 0 Å². The van der Waals surface area contributed by atoms with Crippen molar-refractivity contribution in [3.8, 4) is 0 Å². The summed E-state index contributed by atoms with van der Waals surface area (Å²) in [4.78, 5) is 7.52. The minimum absolute atomic E-state index is 0.850. The fourth-order valence-corrected chi connectivity index (χ4v) is 2.39. The van der Waals surface area contributed by atoms with Crippen LogP contribution in [0.5, 0.6) is 0 Å². The van der Waals surface area contributed by atoms with Gasteiger partial charge in [0.25, 0.3) is 0 Å². The molecule has 0 saturated carbocycles. The van der Waals surface area contributed by atoms with Crippen molar-refractivity contribution in [1.82, 2.24) is 9.97 Å². The summed E-state index contributed by atoms with van der Waals surface area (Å²) in [7, 11) is 0. The largest absolute Gasteiger partial charge is 0.345 e. The van der Waals surface area contributed by atoms with Crippen LogP contribution in [-0.4, -0.2) is 9.97 Å². The first-order valence-electron chi connectivity index (χ1n) is 4.61. The number of nitrogens with one attached hydrogen (secondary N) is 1. The molecule has 0 aliphatic carbocycles. The summed E-state index contributed by atoms with van der Waals surface area (Å²) in [5.74, 6) is 0.934. The van der Waals surface area contributed by atoms with Crippen LogP contribution in [-0.2, 0) is 6.42 Å². The third kappa shape index (κ3) is 2.49. The number of hydrogen-bond acceptors (Lipinski definition) is 1. The van der Waals surface area contributed by atoms with Gasteiger partial charge in [0, 0.05) is 10.9 Å². The molecule has 0 bridgehead atoms. The van der Waals surface area contributed by atoms with Crippen molar-refractivity contribution in [2.45, 2.75) is 13.3 Å². The third-order valence-corrected chi connectivity index (χ3v) is 3.60. The zero-order valence-corrected chi connectivity index (χ0v) is 11.4. The summed E-state index contributed by atoms with van der Waals surface area (Å²) in [6.45, 7) is 1.95. The predicted octanol–water partition coefficient (Wildman–Crippen LogP) is 3.83. The monoisotopic (exact) mass is 328 g/mol. The molecule has 0 radical (unpaired) electrons. The number of aromatic amines is 1. The minimum Gasteiger partial charge on any atom is -0.345 e. The molecule has 2 aromatic rings. The molecular weight excluding hydrogens is 320 g/mol. The molecule has 0 fully saturated rings. The van der Waals surface area contributed by atoms with E-state index in [1.807, 2.05) is 25.1 Å². The quantitative estimate of drug-likeness (QED) is 0.891. The lowest BCUT2D eigenvalue weighted by Gasteiger charge is -2.02. The molecule has 1 aromatic carbocycles. The predicted molar refractivity (Wildman–Crippen MR) is 68.0 cm³/mol. The fraction of sp³-hybridized carbons (Fsp3) is 0.182. The number of aromatic nitrogens is 2.